The fraction of sp³-hybridized carbons (Fsp3) is 0.0625. The molecule has 1 heterocycles. The zero-order chi connectivity index (χ0) is 17.9. The summed E-state index contributed by atoms with van der Waals surface area (Å²) in [4.78, 5) is 25.1. The lowest BCUT2D eigenvalue weighted by molar-refractivity contribution is 0.0684. The number of aryl methyl sites for hydroxylation is 1. The number of carboxylic acid groups (broad SMARTS) is 2. The number of hydrogen-bond donors (Lipinski definition) is 4. The summed E-state index contributed by atoms with van der Waals surface area (Å²) in [5.41, 5.74) is 6.22. The first-order valence-corrected chi connectivity index (χ1v) is 6.71. The quantitative estimate of drug-likeness (QED) is 0.414. The fourth-order valence-electron chi connectivity index (χ4n) is 1.96. The minimum atomic E-state index is -1.19. The van der Waals surface area contributed by atoms with E-state index >= 15 is 0 Å². The second-order valence-electron chi connectivity index (χ2n) is 4.74. The molecule has 0 saturated heterocycles. The number of carbonyl (C=O) groups is 2. The smallest absolute Gasteiger partial charge is 0.339 e. The van der Waals surface area contributed by atoms with Crippen molar-refractivity contribution in [2.24, 2.45) is 0 Å². The molecule has 0 amide bonds. The predicted octanol–water partition coefficient (Wildman–Crippen LogP) is 2.51. The van der Waals surface area contributed by atoms with Crippen molar-refractivity contribution in [3.05, 3.63) is 53.4 Å². The molecule has 2 aromatic carbocycles. The molecule has 124 valence electrons. The van der Waals surface area contributed by atoms with Gasteiger partial charge in [-0.05, 0) is 24.3 Å². The van der Waals surface area contributed by atoms with Crippen LogP contribution in [0.25, 0.3) is 11.1 Å². The molecule has 0 unspecified atom stereocenters. The van der Waals surface area contributed by atoms with Crippen LogP contribution in [0.5, 0.6) is 5.75 Å². The molecular weight excluding hydrogens is 316 g/mol. The first-order chi connectivity index (χ1) is 11.3. The van der Waals surface area contributed by atoms with Crippen molar-refractivity contribution in [1.29, 1.82) is 0 Å². The molecule has 0 spiro atoms. The highest BCUT2D eigenvalue weighted by Crippen LogP contribution is 2.23. The summed E-state index contributed by atoms with van der Waals surface area (Å²) in [6.45, 7) is 1.69. The number of rotatable bonds is 2. The summed E-state index contributed by atoms with van der Waals surface area (Å²) >= 11 is 0. The van der Waals surface area contributed by atoms with Crippen LogP contribution in [-0.4, -0.2) is 32.2 Å². The van der Waals surface area contributed by atoms with Crippen molar-refractivity contribution in [1.82, 2.24) is 4.98 Å². The molecule has 5 N–H and O–H groups in total. The molecule has 3 rings (SSSR count). The van der Waals surface area contributed by atoms with E-state index in [2.05, 4.69) is 4.98 Å². The summed E-state index contributed by atoms with van der Waals surface area (Å²) in [5.74, 6) is -2.08. The molecule has 8 nitrogen and oxygen atoms in total. The van der Waals surface area contributed by atoms with Gasteiger partial charge in [0.1, 0.15) is 16.6 Å². The second-order valence-corrected chi connectivity index (χ2v) is 4.74. The van der Waals surface area contributed by atoms with Crippen molar-refractivity contribution in [3.63, 3.8) is 0 Å². The Bertz CT molecular complexity index is 916. The third kappa shape index (κ3) is 3.43. The number of carboxylic acids is 2. The molecule has 8 heteroatoms. The van der Waals surface area contributed by atoms with Gasteiger partial charge < -0.3 is 25.5 Å². The fourth-order valence-corrected chi connectivity index (χ4v) is 1.96. The van der Waals surface area contributed by atoms with Crippen LogP contribution in [0.1, 0.15) is 26.6 Å². The lowest BCUT2D eigenvalue weighted by Crippen LogP contribution is -1.98. The number of anilines is 1. The number of benzene rings is 2. The first kappa shape index (κ1) is 16.8. The lowest BCUT2D eigenvalue weighted by atomic mass is 10.2. The zero-order valence-corrected chi connectivity index (χ0v) is 12.6. The number of oxazole rings is 1. The highest BCUT2D eigenvalue weighted by molar-refractivity contribution is 5.99. The van der Waals surface area contributed by atoms with Crippen LogP contribution in [-0.2, 0) is 0 Å². The van der Waals surface area contributed by atoms with Crippen LogP contribution in [0.3, 0.4) is 0 Å². The number of nitrogens with zero attached hydrogens (tertiary/aromatic N) is 1. The Morgan fingerprint density at radius 2 is 1.62 bits per heavy atom. The monoisotopic (exact) mass is 330 g/mol. The number of hydrogen-bond acceptors (Lipinski definition) is 6. The van der Waals surface area contributed by atoms with E-state index in [4.69, 9.17) is 25.5 Å². The van der Waals surface area contributed by atoms with Gasteiger partial charge in [0.25, 0.3) is 0 Å². The van der Waals surface area contributed by atoms with Gasteiger partial charge in [-0.1, -0.05) is 12.1 Å². The van der Waals surface area contributed by atoms with Gasteiger partial charge >= 0.3 is 11.9 Å². The Labute approximate surface area is 135 Å². The average Bonchev–Trinajstić information content (AvgIpc) is 2.90. The van der Waals surface area contributed by atoms with E-state index in [-0.39, 0.29) is 22.6 Å². The van der Waals surface area contributed by atoms with Crippen LogP contribution < -0.4 is 5.73 Å². The maximum absolute atomic E-state index is 10.7. The molecule has 3 aromatic rings. The largest absolute Gasteiger partial charge is 0.505 e. The molecule has 0 radical (unpaired) electrons. The zero-order valence-electron chi connectivity index (χ0n) is 12.6. The Balaban J connectivity index is 0.000000177. The Morgan fingerprint density at radius 1 is 1.04 bits per heavy atom. The molecule has 0 aliphatic heterocycles. The number of nitrogens with two attached hydrogens (primary N) is 1. The number of fused-ring (bicyclic) bond motifs is 1. The van der Waals surface area contributed by atoms with Crippen LogP contribution in [0.15, 0.2) is 40.8 Å². The van der Waals surface area contributed by atoms with Crippen LogP contribution >= 0.6 is 0 Å². The number of para-hydroxylation sites is 2. The van der Waals surface area contributed by atoms with E-state index < -0.39 is 11.9 Å². The first-order valence-electron chi connectivity index (χ1n) is 6.71. The predicted molar refractivity (Wildman–Crippen MR) is 85.2 cm³/mol. The summed E-state index contributed by atoms with van der Waals surface area (Å²) < 4.78 is 5.17. The van der Waals surface area contributed by atoms with Gasteiger partial charge in [-0.15, -0.1) is 0 Å². The third-order valence-corrected chi connectivity index (χ3v) is 3.05. The molecule has 0 bridgehead atoms. The van der Waals surface area contributed by atoms with Gasteiger partial charge in [0, 0.05) is 6.92 Å². The summed E-state index contributed by atoms with van der Waals surface area (Å²) in [5, 5.41) is 26.3. The minimum Gasteiger partial charge on any atom is -0.505 e. The van der Waals surface area contributed by atoms with Gasteiger partial charge in [0.2, 0.25) is 0 Å². The van der Waals surface area contributed by atoms with E-state index in [0.29, 0.717) is 17.0 Å². The third-order valence-electron chi connectivity index (χ3n) is 3.05. The minimum absolute atomic E-state index is 0.0740. The maximum Gasteiger partial charge on any atom is 0.339 e. The molecule has 0 aliphatic rings. The van der Waals surface area contributed by atoms with Crippen LogP contribution in [0.2, 0.25) is 0 Å². The number of nitrogen functional groups attached to an aromatic ring is 1. The van der Waals surface area contributed by atoms with E-state index in [0.717, 1.165) is 0 Å². The van der Waals surface area contributed by atoms with E-state index in [1.807, 2.05) is 0 Å². The maximum atomic E-state index is 10.7. The SMILES string of the molecule is Cc1nc2cccc(C(=O)O)c2o1.Nc1cccc(C(=O)O)c1O. The number of phenols is 1. The molecule has 1 aromatic heterocycles. The molecule has 0 fully saturated rings. The Hall–Kier alpha value is -3.55. The summed E-state index contributed by atoms with van der Waals surface area (Å²) in [6.07, 6.45) is 0. The number of aromatic nitrogens is 1. The Morgan fingerprint density at radius 3 is 2.21 bits per heavy atom. The van der Waals surface area contributed by atoms with E-state index in [9.17, 15) is 9.59 Å². The highest BCUT2D eigenvalue weighted by atomic mass is 16.4. The van der Waals surface area contributed by atoms with Crippen molar-refractivity contribution in [2.45, 2.75) is 6.92 Å². The van der Waals surface area contributed by atoms with Crippen molar-refractivity contribution in [2.75, 3.05) is 5.73 Å². The Kier molecular flexibility index (Phi) is 4.69. The molecule has 24 heavy (non-hydrogen) atoms. The molecule has 0 aliphatic carbocycles. The van der Waals surface area contributed by atoms with Gasteiger partial charge in [-0.2, -0.15) is 0 Å². The van der Waals surface area contributed by atoms with E-state index in [1.165, 1.54) is 24.3 Å². The summed E-state index contributed by atoms with van der Waals surface area (Å²) in [7, 11) is 0. The number of aromatic hydroxyl groups is 1. The van der Waals surface area contributed by atoms with Gasteiger partial charge in [0.15, 0.2) is 17.2 Å². The highest BCUT2D eigenvalue weighted by Gasteiger charge is 2.12. The van der Waals surface area contributed by atoms with E-state index in [1.54, 1.807) is 19.1 Å². The molecule has 0 atom stereocenters. The van der Waals surface area contributed by atoms with Gasteiger partial charge in [-0.25, -0.2) is 14.6 Å². The van der Waals surface area contributed by atoms with Crippen LogP contribution in [0.4, 0.5) is 5.69 Å². The van der Waals surface area contributed by atoms with Gasteiger partial charge in [-0.3, -0.25) is 0 Å². The van der Waals surface area contributed by atoms with Crippen molar-refractivity contribution >= 4 is 28.7 Å². The topological polar surface area (TPSA) is 147 Å². The number of aromatic carboxylic acids is 2. The summed E-state index contributed by atoms with van der Waals surface area (Å²) in [6, 6.07) is 9.05. The second kappa shape index (κ2) is 6.69. The average molecular weight is 330 g/mol. The molecule has 0 saturated carbocycles. The van der Waals surface area contributed by atoms with Crippen molar-refractivity contribution in [3.8, 4) is 5.75 Å². The normalized spacial score (nSPS) is 10.0. The van der Waals surface area contributed by atoms with Crippen molar-refractivity contribution < 1.29 is 29.3 Å². The van der Waals surface area contributed by atoms with Gasteiger partial charge in [0.05, 0.1) is 5.69 Å². The van der Waals surface area contributed by atoms with Crippen LogP contribution in [0, 0.1) is 6.92 Å². The standard InChI is InChI=1S/C9H7NO3.C7H7NO3/c1-5-10-7-4-2-3-6(9(11)12)8(7)13-5;8-5-3-1-2-4(6(5)9)7(10)11/h2-4H,1H3,(H,11,12);1-3,9H,8H2,(H,10,11). The molecular formula is C16H14N2O6. The lowest BCUT2D eigenvalue weighted by Gasteiger charge is -2.00.